The minimum Gasteiger partial charge on any atom is -0.370 e. The lowest BCUT2D eigenvalue weighted by atomic mass is 10.1. The lowest BCUT2D eigenvalue weighted by Crippen LogP contribution is -2.18. The lowest BCUT2D eigenvalue weighted by molar-refractivity contribution is 0.00752. The molecule has 2 aliphatic rings. The van der Waals surface area contributed by atoms with Crippen LogP contribution in [0.25, 0.3) is 11.2 Å². The van der Waals surface area contributed by atoms with Crippen molar-refractivity contribution in [2.75, 3.05) is 12.4 Å². The maximum atomic E-state index is 5.97. The SMILES string of the molecule is c1cnc2c(c1)nc(C1CCCCO1)n2C1CCCS1. The molecule has 5 heteroatoms. The molecular weight excluding hydrogens is 270 g/mol. The van der Waals surface area contributed by atoms with Crippen molar-refractivity contribution in [2.24, 2.45) is 0 Å². The Balaban J connectivity index is 1.82. The van der Waals surface area contributed by atoms with E-state index in [-0.39, 0.29) is 6.10 Å². The second kappa shape index (κ2) is 5.37. The van der Waals surface area contributed by atoms with Crippen LogP contribution in [-0.4, -0.2) is 26.9 Å². The van der Waals surface area contributed by atoms with Crippen LogP contribution in [0.4, 0.5) is 0 Å². The highest BCUT2D eigenvalue weighted by Crippen LogP contribution is 2.41. The molecule has 0 amide bonds. The zero-order valence-corrected chi connectivity index (χ0v) is 12.3. The average molecular weight is 289 g/mol. The molecule has 2 fully saturated rings. The van der Waals surface area contributed by atoms with E-state index >= 15 is 0 Å². The Labute approximate surface area is 122 Å². The number of imidazole rings is 1. The van der Waals surface area contributed by atoms with Crippen molar-refractivity contribution in [3.05, 3.63) is 24.2 Å². The Hall–Kier alpha value is -1.07. The number of rotatable bonds is 2. The van der Waals surface area contributed by atoms with E-state index in [4.69, 9.17) is 9.72 Å². The van der Waals surface area contributed by atoms with Gasteiger partial charge in [-0.15, -0.1) is 11.8 Å². The Kier molecular flexibility index (Phi) is 3.40. The van der Waals surface area contributed by atoms with Crippen LogP contribution in [0.1, 0.15) is 49.4 Å². The molecule has 2 saturated heterocycles. The number of thioether (sulfide) groups is 1. The highest BCUT2D eigenvalue weighted by molar-refractivity contribution is 7.99. The van der Waals surface area contributed by atoms with Gasteiger partial charge in [0.15, 0.2) is 5.65 Å². The molecule has 20 heavy (non-hydrogen) atoms. The molecule has 2 unspecified atom stereocenters. The third kappa shape index (κ3) is 2.13. The van der Waals surface area contributed by atoms with E-state index in [0.29, 0.717) is 5.37 Å². The number of ether oxygens (including phenoxy) is 1. The van der Waals surface area contributed by atoms with E-state index in [0.717, 1.165) is 30.0 Å². The van der Waals surface area contributed by atoms with E-state index in [1.54, 1.807) is 0 Å². The zero-order chi connectivity index (χ0) is 13.4. The van der Waals surface area contributed by atoms with Crippen molar-refractivity contribution in [1.82, 2.24) is 14.5 Å². The third-order valence-corrected chi connectivity index (χ3v) is 5.49. The highest BCUT2D eigenvalue weighted by atomic mass is 32.2. The second-order valence-electron chi connectivity index (χ2n) is 5.51. The standard InChI is InChI=1S/C15H19N3OS/c1-2-9-19-12(6-1)15-17-11-5-3-8-16-14(11)18(15)13-7-4-10-20-13/h3,5,8,12-13H,1-2,4,6-7,9-10H2. The summed E-state index contributed by atoms with van der Waals surface area (Å²) in [6.45, 7) is 0.860. The Morgan fingerprint density at radius 1 is 1.25 bits per heavy atom. The summed E-state index contributed by atoms with van der Waals surface area (Å²) in [4.78, 5) is 9.42. The predicted octanol–water partition coefficient (Wildman–Crippen LogP) is 3.70. The normalized spacial score (nSPS) is 27.2. The van der Waals surface area contributed by atoms with E-state index in [2.05, 4.69) is 15.6 Å². The van der Waals surface area contributed by atoms with Crippen LogP contribution in [0, 0.1) is 0 Å². The summed E-state index contributed by atoms with van der Waals surface area (Å²) in [6, 6.07) is 4.03. The van der Waals surface area contributed by atoms with Gasteiger partial charge in [-0.25, -0.2) is 9.97 Å². The van der Waals surface area contributed by atoms with Gasteiger partial charge in [-0.1, -0.05) is 0 Å². The molecule has 2 atom stereocenters. The first-order valence-corrected chi connectivity index (χ1v) is 8.54. The number of pyridine rings is 1. The molecule has 4 rings (SSSR count). The number of hydrogen-bond acceptors (Lipinski definition) is 4. The van der Waals surface area contributed by atoms with Crippen molar-refractivity contribution < 1.29 is 4.74 Å². The molecule has 0 aliphatic carbocycles. The fourth-order valence-corrected chi connectivity index (χ4v) is 4.46. The van der Waals surface area contributed by atoms with Gasteiger partial charge in [0.1, 0.15) is 17.4 Å². The number of nitrogens with zero attached hydrogens (tertiary/aromatic N) is 3. The smallest absolute Gasteiger partial charge is 0.161 e. The number of aromatic nitrogens is 3. The molecule has 4 heterocycles. The van der Waals surface area contributed by atoms with Gasteiger partial charge in [0.25, 0.3) is 0 Å². The van der Waals surface area contributed by atoms with Gasteiger partial charge < -0.3 is 4.74 Å². The molecule has 0 aromatic carbocycles. The Morgan fingerprint density at radius 3 is 3.05 bits per heavy atom. The van der Waals surface area contributed by atoms with Crippen molar-refractivity contribution >= 4 is 22.9 Å². The van der Waals surface area contributed by atoms with Gasteiger partial charge in [-0.05, 0) is 50.0 Å². The van der Waals surface area contributed by atoms with Gasteiger partial charge in [-0.2, -0.15) is 0 Å². The Morgan fingerprint density at radius 2 is 2.25 bits per heavy atom. The molecule has 0 spiro atoms. The molecule has 106 valence electrons. The largest absolute Gasteiger partial charge is 0.370 e. The first-order valence-electron chi connectivity index (χ1n) is 7.49. The third-order valence-electron chi connectivity index (χ3n) is 4.14. The van der Waals surface area contributed by atoms with E-state index < -0.39 is 0 Å². The summed E-state index contributed by atoms with van der Waals surface area (Å²) in [5.41, 5.74) is 2.03. The van der Waals surface area contributed by atoms with Crippen LogP contribution in [0.5, 0.6) is 0 Å². The number of hydrogen-bond donors (Lipinski definition) is 0. The van der Waals surface area contributed by atoms with E-state index in [1.165, 1.54) is 31.4 Å². The topological polar surface area (TPSA) is 39.9 Å². The fraction of sp³-hybridized carbons (Fsp3) is 0.600. The molecule has 0 saturated carbocycles. The molecular formula is C15H19N3OS. The van der Waals surface area contributed by atoms with Crippen LogP contribution >= 0.6 is 11.8 Å². The summed E-state index contributed by atoms with van der Waals surface area (Å²) in [5.74, 6) is 2.33. The summed E-state index contributed by atoms with van der Waals surface area (Å²) in [7, 11) is 0. The molecule has 2 aliphatic heterocycles. The van der Waals surface area contributed by atoms with Crippen molar-refractivity contribution in [1.29, 1.82) is 0 Å². The van der Waals surface area contributed by atoms with E-state index in [1.807, 2.05) is 24.0 Å². The lowest BCUT2D eigenvalue weighted by Gasteiger charge is -2.24. The molecule has 0 radical (unpaired) electrons. The molecule has 0 bridgehead atoms. The van der Waals surface area contributed by atoms with Crippen LogP contribution in [0.3, 0.4) is 0 Å². The zero-order valence-electron chi connectivity index (χ0n) is 11.5. The molecule has 0 N–H and O–H groups in total. The van der Waals surface area contributed by atoms with Crippen molar-refractivity contribution in [3.8, 4) is 0 Å². The summed E-state index contributed by atoms with van der Waals surface area (Å²) in [6.07, 6.45) is 8.01. The van der Waals surface area contributed by atoms with Crippen LogP contribution in [-0.2, 0) is 4.74 Å². The highest BCUT2D eigenvalue weighted by Gasteiger charge is 2.29. The first kappa shape index (κ1) is 12.7. The van der Waals surface area contributed by atoms with Crippen molar-refractivity contribution in [2.45, 2.75) is 43.6 Å². The minimum atomic E-state index is 0.152. The Bertz CT molecular complexity index is 600. The first-order chi connectivity index (χ1) is 9.93. The molecule has 2 aromatic heterocycles. The van der Waals surface area contributed by atoms with Gasteiger partial charge in [0.05, 0.1) is 5.37 Å². The van der Waals surface area contributed by atoms with Gasteiger partial charge >= 0.3 is 0 Å². The van der Waals surface area contributed by atoms with Crippen molar-refractivity contribution in [3.63, 3.8) is 0 Å². The maximum Gasteiger partial charge on any atom is 0.161 e. The second-order valence-corrected chi connectivity index (χ2v) is 6.79. The summed E-state index contributed by atoms with van der Waals surface area (Å²) in [5, 5.41) is 0.482. The van der Waals surface area contributed by atoms with Crippen LogP contribution in [0.15, 0.2) is 18.3 Å². The molecule has 4 nitrogen and oxygen atoms in total. The quantitative estimate of drug-likeness (QED) is 0.845. The van der Waals surface area contributed by atoms with Gasteiger partial charge in [-0.3, -0.25) is 4.57 Å². The minimum absolute atomic E-state index is 0.152. The van der Waals surface area contributed by atoms with Crippen LogP contribution in [0.2, 0.25) is 0 Å². The summed E-state index contributed by atoms with van der Waals surface area (Å²) < 4.78 is 8.32. The summed E-state index contributed by atoms with van der Waals surface area (Å²) >= 11 is 2.02. The molecule has 2 aromatic rings. The van der Waals surface area contributed by atoms with Crippen LogP contribution < -0.4 is 0 Å². The van der Waals surface area contributed by atoms with Gasteiger partial charge in [0.2, 0.25) is 0 Å². The van der Waals surface area contributed by atoms with E-state index in [9.17, 15) is 0 Å². The number of fused-ring (bicyclic) bond motifs is 1. The average Bonchev–Trinajstić information content (AvgIpc) is 3.14. The predicted molar refractivity (Wildman–Crippen MR) is 80.8 cm³/mol. The van der Waals surface area contributed by atoms with Gasteiger partial charge in [0, 0.05) is 12.8 Å². The maximum absolute atomic E-state index is 5.97. The fourth-order valence-electron chi connectivity index (χ4n) is 3.17. The monoisotopic (exact) mass is 289 g/mol.